The third-order valence-electron chi connectivity index (χ3n) is 1.74. The number of H-pyrrole nitrogens is 1. The number of hydrogen-bond acceptors (Lipinski definition) is 3. The first-order valence-electron chi connectivity index (χ1n) is 3.61. The molecule has 62 valence electrons. The Hall–Kier alpha value is -1.29. The van der Waals surface area contributed by atoms with Crippen molar-refractivity contribution < 1.29 is 0 Å². The molecule has 2 aromatic heterocycles. The number of nitrogen functional groups attached to an aromatic ring is 1. The molecule has 0 radical (unpaired) electrons. The van der Waals surface area contributed by atoms with Crippen molar-refractivity contribution in [2.24, 2.45) is 0 Å². The summed E-state index contributed by atoms with van der Waals surface area (Å²) in [6.45, 7) is 2.07. The van der Waals surface area contributed by atoms with Crippen molar-refractivity contribution in [2.75, 3.05) is 5.73 Å². The van der Waals surface area contributed by atoms with Crippen molar-refractivity contribution >= 4 is 17.2 Å². The van der Waals surface area contributed by atoms with Gasteiger partial charge in [0.1, 0.15) is 5.82 Å². The highest BCUT2D eigenvalue weighted by Crippen LogP contribution is 2.25. The Bertz CT molecular complexity index is 388. The Kier molecular flexibility index (Phi) is 1.62. The quantitative estimate of drug-likeness (QED) is 0.703. The number of nitrogens with two attached hydrogens (primary N) is 1. The van der Waals surface area contributed by atoms with Gasteiger partial charge in [-0.1, -0.05) is 0 Å². The topological polar surface area (TPSA) is 54.7 Å². The largest absolute Gasteiger partial charge is 0.382 e. The number of nitrogens with zero attached hydrogens (tertiary/aromatic N) is 1. The minimum absolute atomic E-state index is 0.538. The van der Waals surface area contributed by atoms with Gasteiger partial charge in [-0.3, -0.25) is 5.10 Å². The minimum atomic E-state index is 0.538. The van der Waals surface area contributed by atoms with Crippen LogP contribution < -0.4 is 5.73 Å². The van der Waals surface area contributed by atoms with Crippen LogP contribution in [-0.4, -0.2) is 10.2 Å². The molecule has 3 N–H and O–H groups in total. The predicted octanol–water partition coefficient (Wildman–Crippen LogP) is 2.03. The van der Waals surface area contributed by atoms with Crippen molar-refractivity contribution in [1.82, 2.24) is 10.2 Å². The summed E-state index contributed by atoms with van der Waals surface area (Å²) in [5, 5.41) is 10.9. The van der Waals surface area contributed by atoms with E-state index in [0.29, 0.717) is 5.82 Å². The van der Waals surface area contributed by atoms with Crippen LogP contribution in [0, 0.1) is 6.92 Å². The van der Waals surface area contributed by atoms with E-state index < -0.39 is 0 Å². The number of nitrogens with one attached hydrogen (secondary N) is 1. The fourth-order valence-corrected chi connectivity index (χ4v) is 1.96. The highest BCUT2D eigenvalue weighted by molar-refractivity contribution is 7.08. The molecule has 0 aliphatic heterocycles. The first-order valence-corrected chi connectivity index (χ1v) is 4.55. The number of thiophene rings is 1. The van der Waals surface area contributed by atoms with Crippen LogP contribution in [0.2, 0.25) is 0 Å². The Labute approximate surface area is 74.2 Å². The molecule has 0 unspecified atom stereocenters. The van der Waals surface area contributed by atoms with Crippen molar-refractivity contribution in [3.8, 4) is 11.3 Å². The Morgan fingerprint density at radius 1 is 1.50 bits per heavy atom. The molecule has 2 heterocycles. The van der Waals surface area contributed by atoms with Crippen LogP contribution in [-0.2, 0) is 0 Å². The molecule has 2 aromatic rings. The zero-order valence-corrected chi connectivity index (χ0v) is 7.48. The summed E-state index contributed by atoms with van der Waals surface area (Å²) in [4.78, 5) is 0. The molecule has 12 heavy (non-hydrogen) atoms. The molecule has 0 amide bonds. The average Bonchev–Trinajstić information content (AvgIpc) is 2.58. The smallest absolute Gasteiger partial charge is 0.145 e. The van der Waals surface area contributed by atoms with Gasteiger partial charge in [-0.15, -0.1) is 0 Å². The highest BCUT2D eigenvalue weighted by atomic mass is 32.1. The van der Waals surface area contributed by atoms with Gasteiger partial charge in [0, 0.05) is 17.0 Å². The van der Waals surface area contributed by atoms with Crippen molar-refractivity contribution in [3.63, 3.8) is 0 Å². The Morgan fingerprint density at radius 2 is 2.33 bits per heavy atom. The molecule has 0 aromatic carbocycles. The monoisotopic (exact) mass is 179 g/mol. The predicted molar refractivity (Wildman–Crippen MR) is 51.1 cm³/mol. The molecule has 0 spiro atoms. The van der Waals surface area contributed by atoms with E-state index in [1.54, 1.807) is 11.3 Å². The summed E-state index contributed by atoms with van der Waals surface area (Å²) < 4.78 is 0. The molecule has 3 nitrogen and oxygen atoms in total. The second kappa shape index (κ2) is 2.64. The van der Waals surface area contributed by atoms with Gasteiger partial charge in [-0.25, -0.2) is 0 Å². The van der Waals surface area contributed by atoms with Crippen LogP contribution in [0.15, 0.2) is 16.8 Å². The molecule has 0 saturated heterocycles. The fraction of sp³-hybridized carbons (Fsp3) is 0.125. The number of aromatic amines is 1. The lowest BCUT2D eigenvalue weighted by atomic mass is 10.1. The summed E-state index contributed by atoms with van der Waals surface area (Å²) in [6.07, 6.45) is 0. The van der Waals surface area contributed by atoms with Crippen molar-refractivity contribution in [3.05, 3.63) is 22.4 Å². The zero-order valence-electron chi connectivity index (χ0n) is 6.66. The summed E-state index contributed by atoms with van der Waals surface area (Å²) >= 11 is 1.68. The van der Waals surface area contributed by atoms with E-state index in [2.05, 4.69) is 27.9 Å². The lowest BCUT2D eigenvalue weighted by molar-refractivity contribution is 1.10. The number of hydrogen-bond donors (Lipinski definition) is 2. The molecule has 0 aliphatic rings. The van der Waals surface area contributed by atoms with E-state index in [0.717, 1.165) is 5.69 Å². The number of aryl methyl sites for hydroxylation is 1. The average molecular weight is 179 g/mol. The van der Waals surface area contributed by atoms with Gasteiger partial charge in [0.15, 0.2) is 0 Å². The third kappa shape index (κ3) is 1.10. The highest BCUT2D eigenvalue weighted by Gasteiger charge is 2.04. The molecular formula is C8H9N3S. The maximum Gasteiger partial charge on any atom is 0.145 e. The lowest BCUT2D eigenvalue weighted by Crippen LogP contribution is -1.81. The van der Waals surface area contributed by atoms with Gasteiger partial charge in [0.05, 0.1) is 5.69 Å². The third-order valence-corrected chi connectivity index (χ3v) is 2.60. The molecule has 0 aliphatic carbocycles. The molecule has 0 fully saturated rings. The van der Waals surface area contributed by atoms with E-state index in [1.807, 2.05) is 6.07 Å². The molecular weight excluding hydrogens is 170 g/mol. The van der Waals surface area contributed by atoms with E-state index in [1.165, 1.54) is 11.1 Å². The van der Waals surface area contributed by atoms with Gasteiger partial charge in [-0.2, -0.15) is 16.4 Å². The first-order chi connectivity index (χ1) is 5.77. The molecule has 0 saturated carbocycles. The second-order valence-corrected chi connectivity index (χ2v) is 3.42. The zero-order chi connectivity index (χ0) is 8.55. The van der Waals surface area contributed by atoms with Crippen molar-refractivity contribution in [2.45, 2.75) is 6.92 Å². The van der Waals surface area contributed by atoms with E-state index in [-0.39, 0.29) is 0 Å². The van der Waals surface area contributed by atoms with Crippen LogP contribution in [0.1, 0.15) is 5.56 Å². The van der Waals surface area contributed by atoms with E-state index >= 15 is 0 Å². The van der Waals surface area contributed by atoms with Crippen LogP contribution >= 0.6 is 11.3 Å². The van der Waals surface area contributed by atoms with Crippen LogP contribution in [0.3, 0.4) is 0 Å². The van der Waals surface area contributed by atoms with Crippen LogP contribution in [0.4, 0.5) is 5.82 Å². The van der Waals surface area contributed by atoms with Crippen LogP contribution in [0.5, 0.6) is 0 Å². The molecule has 0 atom stereocenters. The van der Waals surface area contributed by atoms with Gasteiger partial charge >= 0.3 is 0 Å². The number of rotatable bonds is 1. The van der Waals surface area contributed by atoms with E-state index in [9.17, 15) is 0 Å². The molecule has 0 bridgehead atoms. The van der Waals surface area contributed by atoms with E-state index in [4.69, 9.17) is 5.73 Å². The normalized spacial score (nSPS) is 10.4. The van der Waals surface area contributed by atoms with Gasteiger partial charge in [0.2, 0.25) is 0 Å². The van der Waals surface area contributed by atoms with Gasteiger partial charge in [0.25, 0.3) is 0 Å². The number of aromatic nitrogens is 2. The van der Waals surface area contributed by atoms with Crippen LogP contribution in [0.25, 0.3) is 11.3 Å². The maximum absolute atomic E-state index is 5.50. The first kappa shape index (κ1) is 7.36. The van der Waals surface area contributed by atoms with Gasteiger partial charge in [-0.05, 0) is 17.9 Å². The summed E-state index contributed by atoms with van der Waals surface area (Å²) in [6, 6.07) is 1.84. The minimum Gasteiger partial charge on any atom is -0.382 e. The summed E-state index contributed by atoms with van der Waals surface area (Å²) in [5.41, 5.74) is 8.93. The number of anilines is 1. The SMILES string of the molecule is Cc1cscc1-c1cc(N)n[nH]1. The lowest BCUT2D eigenvalue weighted by Gasteiger charge is -1.92. The summed E-state index contributed by atoms with van der Waals surface area (Å²) in [5.74, 6) is 0.538. The summed E-state index contributed by atoms with van der Waals surface area (Å²) in [7, 11) is 0. The maximum atomic E-state index is 5.50. The Morgan fingerprint density at radius 3 is 2.83 bits per heavy atom. The standard InChI is InChI=1S/C8H9N3S/c1-5-3-12-4-6(5)7-2-8(9)11-10-7/h2-4H,1H3,(H3,9,10,11). The molecule has 4 heteroatoms. The van der Waals surface area contributed by atoms with Gasteiger partial charge < -0.3 is 5.73 Å². The molecule has 2 rings (SSSR count). The van der Waals surface area contributed by atoms with Crippen molar-refractivity contribution in [1.29, 1.82) is 0 Å². The Balaban J connectivity index is 2.50. The fourth-order valence-electron chi connectivity index (χ4n) is 1.11. The second-order valence-electron chi connectivity index (χ2n) is 2.67.